The fourth-order valence-electron chi connectivity index (χ4n) is 3.41. The number of rotatable bonds is 4. The first kappa shape index (κ1) is 17.7. The highest BCUT2D eigenvalue weighted by Gasteiger charge is 2.43. The molecule has 2 N–H and O–H groups in total. The van der Waals surface area contributed by atoms with Gasteiger partial charge in [0.25, 0.3) is 0 Å². The smallest absolute Gasteiger partial charge is 0.308 e. The molecule has 0 aromatic heterocycles. The van der Waals surface area contributed by atoms with Crippen molar-refractivity contribution in [2.75, 3.05) is 6.54 Å². The minimum Gasteiger partial charge on any atom is -0.460 e. The first-order valence-corrected chi connectivity index (χ1v) is 8.59. The molecular formula is C17H31NO4. The maximum Gasteiger partial charge on any atom is 0.308 e. The maximum absolute atomic E-state index is 12.1. The Balaban J connectivity index is 1.98. The average Bonchev–Trinajstić information content (AvgIpc) is 2.36. The van der Waals surface area contributed by atoms with E-state index in [4.69, 9.17) is 19.9 Å². The van der Waals surface area contributed by atoms with Crippen LogP contribution in [-0.4, -0.2) is 36.1 Å². The third-order valence-electron chi connectivity index (χ3n) is 4.21. The lowest BCUT2D eigenvalue weighted by atomic mass is 9.91. The van der Waals surface area contributed by atoms with Crippen molar-refractivity contribution in [3.63, 3.8) is 0 Å². The summed E-state index contributed by atoms with van der Waals surface area (Å²) in [6, 6.07) is 0. The molecule has 2 aliphatic rings. The van der Waals surface area contributed by atoms with Gasteiger partial charge < -0.3 is 19.9 Å². The third-order valence-corrected chi connectivity index (χ3v) is 4.21. The largest absolute Gasteiger partial charge is 0.460 e. The molecule has 5 nitrogen and oxygen atoms in total. The van der Waals surface area contributed by atoms with Crippen molar-refractivity contribution >= 4 is 5.97 Å². The van der Waals surface area contributed by atoms with E-state index < -0.39 is 11.4 Å². The van der Waals surface area contributed by atoms with Gasteiger partial charge in [0, 0.05) is 19.3 Å². The van der Waals surface area contributed by atoms with Gasteiger partial charge in [-0.15, -0.1) is 0 Å². The van der Waals surface area contributed by atoms with E-state index in [9.17, 15) is 4.79 Å². The lowest BCUT2D eigenvalue weighted by Crippen LogP contribution is -2.50. The summed E-state index contributed by atoms with van der Waals surface area (Å²) in [5.41, 5.74) is 5.24. The zero-order valence-corrected chi connectivity index (χ0v) is 14.2. The Labute approximate surface area is 133 Å². The highest BCUT2D eigenvalue weighted by molar-refractivity contribution is 5.70. The van der Waals surface area contributed by atoms with Crippen molar-refractivity contribution in [2.24, 2.45) is 5.73 Å². The number of hydrogen-bond acceptors (Lipinski definition) is 5. The van der Waals surface area contributed by atoms with E-state index in [2.05, 4.69) is 0 Å². The summed E-state index contributed by atoms with van der Waals surface area (Å²) in [6.07, 6.45) is 7.09. The molecule has 128 valence electrons. The summed E-state index contributed by atoms with van der Waals surface area (Å²) in [7, 11) is 0. The Hall–Kier alpha value is -0.650. The minimum atomic E-state index is -0.497. The molecule has 1 aliphatic carbocycles. The molecule has 2 unspecified atom stereocenters. The second kappa shape index (κ2) is 7.28. The van der Waals surface area contributed by atoms with Crippen LogP contribution >= 0.6 is 0 Å². The molecule has 2 atom stereocenters. The van der Waals surface area contributed by atoms with Gasteiger partial charge in [-0.25, -0.2) is 0 Å². The molecule has 0 aromatic rings. The fraction of sp³-hybridized carbons (Fsp3) is 0.941. The molecule has 1 heterocycles. The van der Waals surface area contributed by atoms with Crippen LogP contribution in [0.4, 0.5) is 0 Å². The van der Waals surface area contributed by atoms with Crippen LogP contribution in [0.2, 0.25) is 0 Å². The van der Waals surface area contributed by atoms with Gasteiger partial charge in [-0.05, 0) is 46.6 Å². The first-order chi connectivity index (χ1) is 10.3. The summed E-state index contributed by atoms with van der Waals surface area (Å²) in [4.78, 5) is 12.1. The van der Waals surface area contributed by atoms with Crippen LogP contribution in [0.25, 0.3) is 0 Å². The standard InChI is InChI=1S/C17H31NO4/c1-16(2,3)22-15(19)12-14-11-13(7-10-18)20-17(21-14)8-5-4-6-9-17/h13-14H,4-12,18H2,1-3H3. The Bertz CT molecular complexity index is 371. The predicted octanol–water partition coefficient (Wildman–Crippen LogP) is 2.90. The van der Waals surface area contributed by atoms with Crippen LogP contribution in [0.5, 0.6) is 0 Å². The summed E-state index contributed by atoms with van der Waals surface area (Å²) < 4.78 is 17.9. The van der Waals surface area contributed by atoms with E-state index >= 15 is 0 Å². The van der Waals surface area contributed by atoms with Gasteiger partial charge in [-0.1, -0.05) is 6.42 Å². The minimum absolute atomic E-state index is 0.0873. The number of esters is 1. The van der Waals surface area contributed by atoms with Gasteiger partial charge in [0.15, 0.2) is 5.79 Å². The van der Waals surface area contributed by atoms with Crippen LogP contribution in [0.15, 0.2) is 0 Å². The number of hydrogen-bond donors (Lipinski definition) is 1. The molecule has 5 heteroatoms. The number of carbonyl (C=O) groups is 1. The molecule has 1 spiro atoms. The van der Waals surface area contributed by atoms with E-state index in [1.54, 1.807) is 0 Å². The van der Waals surface area contributed by atoms with Crippen molar-refractivity contribution in [3.8, 4) is 0 Å². The van der Waals surface area contributed by atoms with Crippen molar-refractivity contribution in [3.05, 3.63) is 0 Å². The van der Waals surface area contributed by atoms with E-state index in [1.807, 2.05) is 20.8 Å². The quantitative estimate of drug-likeness (QED) is 0.808. The van der Waals surface area contributed by atoms with Crippen LogP contribution in [0.1, 0.15) is 72.1 Å². The molecule has 1 saturated carbocycles. The Morgan fingerprint density at radius 1 is 1.18 bits per heavy atom. The zero-order chi connectivity index (χ0) is 16.2. The van der Waals surface area contributed by atoms with Crippen LogP contribution in [-0.2, 0) is 19.0 Å². The Kier molecular flexibility index (Phi) is 5.86. The highest BCUT2D eigenvalue weighted by Crippen LogP contribution is 2.40. The second-order valence-corrected chi connectivity index (χ2v) is 7.55. The summed E-state index contributed by atoms with van der Waals surface area (Å²) >= 11 is 0. The number of nitrogens with two attached hydrogens (primary N) is 1. The van der Waals surface area contributed by atoms with Crippen LogP contribution in [0.3, 0.4) is 0 Å². The maximum atomic E-state index is 12.1. The molecule has 0 radical (unpaired) electrons. The third kappa shape index (κ3) is 5.21. The lowest BCUT2D eigenvalue weighted by Gasteiger charge is -2.46. The molecule has 2 fully saturated rings. The van der Waals surface area contributed by atoms with E-state index in [1.165, 1.54) is 6.42 Å². The predicted molar refractivity (Wildman–Crippen MR) is 84.3 cm³/mol. The van der Waals surface area contributed by atoms with Gasteiger partial charge in [-0.2, -0.15) is 0 Å². The van der Waals surface area contributed by atoms with Crippen molar-refractivity contribution in [2.45, 2.75) is 95.7 Å². The molecule has 2 rings (SSSR count). The van der Waals surface area contributed by atoms with E-state index in [0.717, 1.165) is 38.5 Å². The van der Waals surface area contributed by atoms with Gasteiger partial charge in [0.1, 0.15) is 5.60 Å². The first-order valence-electron chi connectivity index (χ1n) is 8.59. The summed E-state index contributed by atoms with van der Waals surface area (Å²) in [6.45, 7) is 6.25. The molecule has 1 saturated heterocycles. The normalized spacial score (nSPS) is 28.5. The van der Waals surface area contributed by atoms with Crippen LogP contribution < -0.4 is 5.73 Å². The van der Waals surface area contributed by atoms with Gasteiger partial charge in [0.2, 0.25) is 0 Å². The fourth-order valence-corrected chi connectivity index (χ4v) is 3.41. The van der Waals surface area contributed by atoms with Gasteiger partial charge in [0.05, 0.1) is 18.6 Å². The molecule has 0 amide bonds. The topological polar surface area (TPSA) is 70.8 Å². The number of ether oxygens (including phenoxy) is 3. The Morgan fingerprint density at radius 3 is 2.41 bits per heavy atom. The number of carbonyl (C=O) groups excluding carboxylic acids is 1. The van der Waals surface area contributed by atoms with Crippen molar-refractivity contribution in [1.29, 1.82) is 0 Å². The summed E-state index contributed by atoms with van der Waals surface area (Å²) in [5, 5.41) is 0. The monoisotopic (exact) mass is 313 g/mol. The van der Waals surface area contributed by atoms with E-state index in [-0.39, 0.29) is 18.2 Å². The second-order valence-electron chi connectivity index (χ2n) is 7.55. The molecule has 1 aliphatic heterocycles. The van der Waals surface area contributed by atoms with Crippen molar-refractivity contribution < 1.29 is 19.0 Å². The van der Waals surface area contributed by atoms with Crippen LogP contribution in [0, 0.1) is 0 Å². The van der Waals surface area contributed by atoms with Gasteiger partial charge >= 0.3 is 5.97 Å². The Morgan fingerprint density at radius 2 is 1.82 bits per heavy atom. The summed E-state index contributed by atoms with van der Waals surface area (Å²) in [5.74, 6) is -0.694. The molecule has 22 heavy (non-hydrogen) atoms. The molecule has 0 aromatic carbocycles. The molecular weight excluding hydrogens is 282 g/mol. The van der Waals surface area contributed by atoms with Crippen molar-refractivity contribution in [1.82, 2.24) is 0 Å². The lowest BCUT2D eigenvalue weighted by molar-refractivity contribution is -0.329. The zero-order valence-electron chi connectivity index (χ0n) is 14.2. The highest BCUT2D eigenvalue weighted by atomic mass is 16.7. The van der Waals surface area contributed by atoms with E-state index in [0.29, 0.717) is 13.0 Å². The average molecular weight is 313 g/mol. The SMILES string of the molecule is CC(C)(C)OC(=O)CC1CC(CCN)OC2(CCCCC2)O1. The molecule has 0 bridgehead atoms. The van der Waals surface area contributed by atoms with Gasteiger partial charge in [-0.3, -0.25) is 4.79 Å².